The van der Waals surface area contributed by atoms with E-state index in [9.17, 15) is 31.5 Å². The Morgan fingerprint density at radius 2 is 1.87 bits per heavy atom. The van der Waals surface area contributed by atoms with Crippen LogP contribution < -0.4 is 10.5 Å². The van der Waals surface area contributed by atoms with Gasteiger partial charge in [-0.15, -0.1) is 0 Å². The highest BCUT2D eigenvalue weighted by atomic mass is 127. The zero-order valence-electron chi connectivity index (χ0n) is 25.5. The fourth-order valence-electron chi connectivity index (χ4n) is 5.47. The van der Waals surface area contributed by atoms with Gasteiger partial charge in [0.1, 0.15) is 24.1 Å². The SMILES string of the molecule is CCOC(=O)N1CCC(c2ccc(COc3c(C(C)/C=C\C=C(/N)N4N=CC(C(=O)O)C4C(F)(F)F)cccc3C(F)(F)I)cc2)C1. The van der Waals surface area contributed by atoms with Gasteiger partial charge in [0.15, 0.2) is 6.04 Å². The summed E-state index contributed by atoms with van der Waals surface area (Å²) in [4.78, 5) is 25.0. The smallest absolute Gasteiger partial charge is 0.412 e. The Labute approximate surface area is 282 Å². The van der Waals surface area contributed by atoms with Crippen molar-refractivity contribution in [2.75, 3.05) is 19.7 Å². The maximum atomic E-state index is 14.7. The van der Waals surface area contributed by atoms with Gasteiger partial charge in [-0.05, 0) is 36.6 Å². The number of halogens is 6. The van der Waals surface area contributed by atoms with Crippen molar-refractivity contribution in [1.82, 2.24) is 9.91 Å². The second-order valence-electron chi connectivity index (χ2n) is 11.1. The number of alkyl halides is 6. The molecule has 2 aliphatic heterocycles. The molecular weight excluding hydrogens is 742 g/mol. The van der Waals surface area contributed by atoms with E-state index in [1.54, 1.807) is 24.8 Å². The van der Waals surface area contributed by atoms with Crippen LogP contribution >= 0.6 is 22.6 Å². The third kappa shape index (κ3) is 8.73. The minimum absolute atomic E-state index is 0.0174. The highest BCUT2D eigenvalue weighted by Gasteiger charge is 2.54. The van der Waals surface area contributed by atoms with Crippen LogP contribution in [0.1, 0.15) is 54.4 Å². The first kappa shape index (κ1) is 36.0. The molecule has 2 aliphatic rings. The minimum atomic E-state index is -4.92. The monoisotopic (exact) mass is 776 g/mol. The van der Waals surface area contributed by atoms with E-state index >= 15 is 0 Å². The fourth-order valence-corrected chi connectivity index (χ4v) is 5.90. The molecule has 0 saturated carbocycles. The van der Waals surface area contributed by atoms with Crippen LogP contribution in [0.25, 0.3) is 0 Å². The molecule has 9 nitrogen and oxygen atoms in total. The van der Waals surface area contributed by atoms with E-state index in [-0.39, 0.29) is 29.9 Å². The number of carboxylic acids is 1. The van der Waals surface area contributed by atoms with Crippen molar-refractivity contribution in [2.24, 2.45) is 16.8 Å². The number of carboxylic acid groups (broad SMARTS) is 1. The Hall–Kier alpha value is -3.89. The number of hydrogen-bond donors (Lipinski definition) is 2. The molecule has 0 aromatic heterocycles. The number of allylic oxidation sites excluding steroid dienone is 3. The summed E-state index contributed by atoms with van der Waals surface area (Å²) in [5.41, 5.74) is 7.67. The molecule has 2 aromatic carbocycles. The van der Waals surface area contributed by atoms with Crippen molar-refractivity contribution < 1.29 is 46.1 Å². The van der Waals surface area contributed by atoms with Gasteiger partial charge >= 0.3 is 22.2 Å². The average Bonchev–Trinajstić information content (AvgIpc) is 3.69. The third-order valence-electron chi connectivity index (χ3n) is 7.90. The van der Waals surface area contributed by atoms with Gasteiger partial charge in [0.05, 0.1) is 12.2 Å². The van der Waals surface area contributed by atoms with Gasteiger partial charge in [-0.2, -0.15) is 27.1 Å². The van der Waals surface area contributed by atoms with Crippen LogP contribution in [0.4, 0.5) is 26.7 Å². The number of hydrogen-bond acceptors (Lipinski definition) is 7. The van der Waals surface area contributed by atoms with Gasteiger partial charge in [-0.1, -0.05) is 55.5 Å². The summed E-state index contributed by atoms with van der Waals surface area (Å²) in [6.45, 7) is 4.88. The lowest BCUT2D eigenvalue weighted by molar-refractivity contribution is -0.189. The number of aliphatic carboxylic acids is 1. The molecule has 4 rings (SSSR count). The number of hydrazone groups is 1. The van der Waals surface area contributed by atoms with E-state index in [0.29, 0.717) is 36.5 Å². The number of nitrogens with zero attached hydrogens (tertiary/aromatic N) is 3. The van der Waals surface area contributed by atoms with Crippen LogP contribution in [-0.2, 0) is 20.1 Å². The predicted octanol–water partition coefficient (Wildman–Crippen LogP) is 7.09. The van der Waals surface area contributed by atoms with Gasteiger partial charge in [0.25, 0.3) is 0 Å². The number of ether oxygens (including phenoxy) is 2. The molecule has 1 fully saturated rings. The minimum Gasteiger partial charge on any atom is -0.488 e. The first-order valence-corrected chi connectivity index (χ1v) is 15.8. The molecule has 47 heavy (non-hydrogen) atoms. The van der Waals surface area contributed by atoms with Crippen molar-refractivity contribution in [1.29, 1.82) is 0 Å². The topological polar surface area (TPSA) is 118 Å². The van der Waals surface area contributed by atoms with E-state index in [1.165, 1.54) is 24.3 Å². The molecular formula is C32H34F5IN4O5. The average molecular weight is 777 g/mol. The van der Waals surface area contributed by atoms with E-state index in [2.05, 4.69) is 5.10 Å². The Morgan fingerprint density at radius 1 is 1.17 bits per heavy atom. The Kier molecular flexibility index (Phi) is 11.4. The molecule has 0 bridgehead atoms. The predicted molar refractivity (Wildman–Crippen MR) is 172 cm³/mol. The third-order valence-corrected chi connectivity index (χ3v) is 8.48. The Bertz CT molecular complexity index is 1530. The summed E-state index contributed by atoms with van der Waals surface area (Å²) < 4.78 is 78.0. The van der Waals surface area contributed by atoms with Gasteiger partial charge in [0.2, 0.25) is 0 Å². The molecule has 0 spiro atoms. The highest BCUT2D eigenvalue weighted by Crippen LogP contribution is 2.44. The number of likely N-dealkylation sites (tertiary alicyclic amines) is 1. The maximum Gasteiger partial charge on any atom is 0.412 e. The number of rotatable bonds is 11. The molecule has 0 aliphatic carbocycles. The van der Waals surface area contributed by atoms with Crippen LogP contribution in [0.3, 0.4) is 0 Å². The molecule has 15 heteroatoms. The highest BCUT2D eigenvalue weighted by molar-refractivity contribution is 14.1. The zero-order valence-corrected chi connectivity index (χ0v) is 27.6. The van der Waals surface area contributed by atoms with Crippen molar-refractivity contribution in [2.45, 2.75) is 54.9 Å². The molecule has 2 heterocycles. The number of amides is 1. The van der Waals surface area contributed by atoms with E-state index < -0.39 is 39.8 Å². The second-order valence-corrected chi connectivity index (χ2v) is 12.5. The first-order chi connectivity index (χ1) is 22.1. The summed E-state index contributed by atoms with van der Waals surface area (Å²) >= 11 is 1.03. The fraction of sp³-hybridized carbons (Fsp3) is 0.406. The molecule has 0 radical (unpaired) electrons. The molecule has 4 unspecified atom stereocenters. The number of nitrogens with two attached hydrogens (primary N) is 1. The summed E-state index contributed by atoms with van der Waals surface area (Å²) in [6, 6.07) is 9.40. The van der Waals surface area contributed by atoms with Crippen LogP contribution in [0.2, 0.25) is 0 Å². The van der Waals surface area contributed by atoms with Crippen LogP contribution in [0.15, 0.2) is 71.6 Å². The van der Waals surface area contributed by atoms with Crippen molar-refractivity contribution in [3.63, 3.8) is 0 Å². The molecule has 254 valence electrons. The number of para-hydroxylation sites is 1. The van der Waals surface area contributed by atoms with E-state index in [0.717, 1.165) is 46.2 Å². The number of benzene rings is 2. The van der Waals surface area contributed by atoms with Crippen LogP contribution in [0.5, 0.6) is 5.75 Å². The lowest BCUT2D eigenvalue weighted by Crippen LogP contribution is -2.47. The van der Waals surface area contributed by atoms with Crippen molar-refractivity contribution in [3.05, 3.63) is 88.8 Å². The summed E-state index contributed by atoms with van der Waals surface area (Å²) in [7, 11) is 0. The molecule has 3 N–H and O–H groups in total. The van der Waals surface area contributed by atoms with Crippen LogP contribution in [0, 0.1) is 5.92 Å². The molecule has 2 aromatic rings. The van der Waals surface area contributed by atoms with E-state index in [4.69, 9.17) is 20.3 Å². The standard InChI is InChI=1S/C32H34F5IN4O5/c1-3-46-30(45)41-15-14-22(17-41)21-12-10-20(11-13-21)18-47-27-23(7-5-8-25(27)32(36,37)38)19(2)6-4-9-26(39)42-28(31(33,34)35)24(16-40-42)29(43)44/h4-13,16,19,22,24,28H,3,14-15,17-18,39H2,1-2H3,(H,43,44)/b6-4-,26-9+. The van der Waals surface area contributed by atoms with Gasteiger partial charge < -0.3 is 25.2 Å². The van der Waals surface area contributed by atoms with E-state index in [1.807, 2.05) is 24.3 Å². The number of carbonyl (C=O) groups is 2. The molecule has 1 amide bonds. The zero-order chi connectivity index (χ0) is 34.5. The quantitative estimate of drug-likeness (QED) is 0.108. The Balaban J connectivity index is 1.49. The van der Waals surface area contributed by atoms with Crippen molar-refractivity contribution in [3.8, 4) is 5.75 Å². The Morgan fingerprint density at radius 3 is 2.49 bits per heavy atom. The largest absolute Gasteiger partial charge is 0.488 e. The molecule has 1 saturated heterocycles. The second kappa shape index (κ2) is 14.9. The molecule has 4 atom stereocenters. The van der Waals surface area contributed by atoms with Gasteiger partial charge in [-0.3, -0.25) is 4.79 Å². The normalized spacial score (nSPS) is 21.0. The van der Waals surface area contributed by atoms with Crippen molar-refractivity contribution >= 4 is 40.9 Å². The first-order valence-electron chi connectivity index (χ1n) is 14.7. The van der Waals surface area contributed by atoms with Gasteiger partial charge in [0, 0.05) is 59.3 Å². The van der Waals surface area contributed by atoms with Gasteiger partial charge in [-0.25, -0.2) is 9.80 Å². The number of carbonyl (C=O) groups excluding carboxylic acids is 1. The summed E-state index contributed by atoms with van der Waals surface area (Å²) in [5, 5.41) is 13.1. The lowest BCUT2D eigenvalue weighted by Gasteiger charge is -2.27. The maximum absolute atomic E-state index is 14.7. The summed E-state index contributed by atoms with van der Waals surface area (Å²) in [6.07, 6.45) is 0.224. The lowest BCUT2D eigenvalue weighted by atomic mass is 9.96. The summed E-state index contributed by atoms with van der Waals surface area (Å²) in [5.74, 6) is -4.51. The van der Waals surface area contributed by atoms with Crippen LogP contribution in [-0.4, -0.2) is 65.2 Å².